The maximum Gasteiger partial charge on any atom is 0.182 e. The molecule has 42 valence electrons. The van der Waals surface area contributed by atoms with Crippen molar-refractivity contribution in [1.82, 2.24) is 10.3 Å². The maximum absolute atomic E-state index is 4.94. The summed E-state index contributed by atoms with van der Waals surface area (Å²) in [5, 5.41) is 0.542. The van der Waals surface area contributed by atoms with Crippen LogP contribution in [0, 0.1) is 0 Å². The number of nitrogens with zero attached hydrogens (tertiary/aromatic N) is 1. The number of hydrogen-bond acceptors (Lipinski definition) is 2. The van der Waals surface area contributed by atoms with E-state index in [9.17, 15) is 0 Å². The van der Waals surface area contributed by atoms with Crippen molar-refractivity contribution in [2.24, 2.45) is 5.84 Å². The van der Waals surface area contributed by atoms with E-state index >= 15 is 0 Å². The number of hydrazine groups is 1. The van der Waals surface area contributed by atoms with Crippen LogP contribution in [0.15, 0.2) is 0 Å². The molecule has 0 aliphatic rings. The first kappa shape index (κ1) is 6.65. The number of thiocarbonyl (C=S) groups is 1. The van der Waals surface area contributed by atoms with Gasteiger partial charge in [-0.05, 0) is 12.2 Å². The summed E-state index contributed by atoms with van der Waals surface area (Å²) >= 11 is 4.67. The van der Waals surface area contributed by atoms with Crippen LogP contribution >= 0.6 is 12.2 Å². The molecule has 0 radical (unpaired) electrons. The molecule has 0 rings (SSSR count). The topological polar surface area (TPSA) is 41.3 Å². The molecule has 0 bridgehead atoms. The Labute approximate surface area is 48.4 Å². The molecule has 0 heterocycles. The highest BCUT2D eigenvalue weighted by atomic mass is 32.1. The highest BCUT2D eigenvalue weighted by molar-refractivity contribution is 7.80. The van der Waals surface area contributed by atoms with Gasteiger partial charge in [0.1, 0.15) is 0 Å². The van der Waals surface area contributed by atoms with Gasteiger partial charge in [-0.1, -0.05) is 0 Å². The fourth-order valence-electron chi connectivity index (χ4n) is 0.129. The Morgan fingerprint density at radius 3 is 2.14 bits per heavy atom. The Kier molecular flexibility index (Phi) is 2.62. The lowest BCUT2D eigenvalue weighted by molar-refractivity contribution is 0.605. The van der Waals surface area contributed by atoms with E-state index in [1.165, 1.54) is 0 Å². The first-order valence-electron chi connectivity index (χ1n) is 1.86. The van der Waals surface area contributed by atoms with Gasteiger partial charge >= 0.3 is 0 Å². The van der Waals surface area contributed by atoms with Crippen molar-refractivity contribution in [1.29, 1.82) is 0 Å². The molecule has 0 aromatic carbocycles. The number of nitrogens with two attached hydrogens (primary N) is 1. The average Bonchev–Trinajstić information content (AvgIpc) is 1.65. The van der Waals surface area contributed by atoms with Gasteiger partial charge in [0, 0.05) is 14.1 Å². The fourth-order valence-corrected chi connectivity index (χ4v) is 0.129. The van der Waals surface area contributed by atoms with E-state index in [2.05, 4.69) is 17.6 Å². The Hall–Kier alpha value is -0.350. The van der Waals surface area contributed by atoms with Crippen molar-refractivity contribution < 1.29 is 0 Å². The molecule has 7 heavy (non-hydrogen) atoms. The summed E-state index contributed by atoms with van der Waals surface area (Å²) in [6.45, 7) is 0. The minimum Gasteiger partial charge on any atom is -0.354 e. The number of rotatable bonds is 0. The Morgan fingerprint density at radius 2 is 2.14 bits per heavy atom. The second-order valence-corrected chi connectivity index (χ2v) is 1.73. The van der Waals surface area contributed by atoms with Gasteiger partial charge in [0.25, 0.3) is 0 Å². The summed E-state index contributed by atoms with van der Waals surface area (Å²) in [7, 11) is 3.64. The van der Waals surface area contributed by atoms with Crippen molar-refractivity contribution in [2.75, 3.05) is 14.1 Å². The van der Waals surface area contributed by atoms with Crippen molar-refractivity contribution in [3.05, 3.63) is 0 Å². The van der Waals surface area contributed by atoms with E-state index in [1.807, 2.05) is 14.1 Å². The van der Waals surface area contributed by atoms with E-state index in [-0.39, 0.29) is 0 Å². The lowest BCUT2D eigenvalue weighted by atomic mass is 10.9. The second kappa shape index (κ2) is 2.76. The fraction of sp³-hybridized carbons (Fsp3) is 0.667. The summed E-state index contributed by atoms with van der Waals surface area (Å²) < 4.78 is 0. The molecule has 0 fully saturated rings. The van der Waals surface area contributed by atoms with Crippen LogP contribution in [0.4, 0.5) is 0 Å². The quantitative estimate of drug-likeness (QED) is 0.251. The van der Waals surface area contributed by atoms with Crippen molar-refractivity contribution in [3.63, 3.8) is 0 Å². The van der Waals surface area contributed by atoms with E-state index < -0.39 is 0 Å². The maximum atomic E-state index is 4.94. The largest absolute Gasteiger partial charge is 0.354 e. The third-order valence-electron chi connectivity index (χ3n) is 0.530. The Bertz CT molecular complexity index is 70.6. The van der Waals surface area contributed by atoms with Gasteiger partial charge in [0.2, 0.25) is 0 Å². The zero-order valence-electron chi connectivity index (χ0n) is 4.43. The zero-order valence-corrected chi connectivity index (χ0v) is 5.25. The minimum absolute atomic E-state index is 0.542. The molecule has 0 saturated heterocycles. The van der Waals surface area contributed by atoms with Crippen LogP contribution in [0.1, 0.15) is 0 Å². The van der Waals surface area contributed by atoms with Crippen LogP contribution in [-0.4, -0.2) is 24.1 Å². The van der Waals surface area contributed by atoms with E-state index in [0.29, 0.717) is 5.11 Å². The summed E-state index contributed by atoms with van der Waals surface area (Å²) in [4.78, 5) is 1.72. The summed E-state index contributed by atoms with van der Waals surface area (Å²) in [6.07, 6.45) is 0. The van der Waals surface area contributed by atoms with Crippen LogP contribution < -0.4 is 11.3 Å². The Balaban J connectivity index is 3.35. The van der Waals surface area contributed by atoms with Gasteiger partial charge < -0.3 is 10.3 Å². The molecule has 0 aliphatic heterocycles. The van der Waals surface area contributed by atoms with Gasteiger partial charge in [0.05, 0.1) is 0 Å². The lowest BCUT2D eigenvalue weighted by Gasteiger charge is -2.10. The third kappa shape index (κ3) is 2.36. The zero-order chi connectivity index (χ0) is 5.86. The van der Waals surface area contributed by atoms with Crippen LogP contribution in [0.25, 0.3) is 0 Å². The van der Waals surface area contributed by atoms with Gasteiger partial charge in [-0.25, -0.2) is 5.84 Å². The molecule has 0 atom stereocenters. The Morgan fingerprint density at radius 1 is 1.71 bits per heavy atom. The molecular weight excluding hydrogens is 110 g/mol. The molecule has 0 unspecified atom stereocenters. The third-order valence-corrected chi connectivity index (χ3v) is 1.01. The molecular formula is C3H9N3S. The highest BCUT2D eigenvalue weighted by Crippen LogP contribution is 1.71. The predicted molar refractivity (Wildman–Crippen MR) is 33.6 cm³/mol. The van der Waals surface area contributed by atoms with Gasteiger partial charge in [-0.3, -0.25) is 0 Å². The molecule has 0 amide bonds. The molecule has 4 heteroatoms. The summed E-state index contributed by atoms with van der Waals surface area (Å²) in [5.41, 5.74) is 2.32. The van der Waals surface area contributed by atoms with Gasteiger partial charge in [-0.2, -0.15) is 0 Å². The first-order chi connectivity index (χ1) is 3.18. The SMILES string of the molecule is CN(C)C(=S)NN. The molecule has 0 aliphatic carbocycles. The molecule has 0 spiro atoms. The van der Waals surface area contributed by atoms with Crippen molar-refractivity contribution in [3.8, 4) is 0 Å². The first-order valence-corrected chi connectivity index (χ1v) is 2.27. The van der Waals surface area contributed by atoms with Crippen LogP contribution in [0.5, 0.6) is 0 Å². The molecule has 3 N–H and O–H groups in total. The molecule has 0 aromatic rings. The summed E-state index contributed by atoms with van der Waals surface area (Å²) in [6, 6.07) is 0. The molecule has 0 saturated carbocycles. The molecule has 0 aromatic heterocycles. The van der Waals surface area contributed by atoms with Gasteiger partial charge in [0.15, 0.2) is 5.11 Å². The monoisotopic (exact) mass is 119 g/mol. The van der Waals surface area contributed by atoms with E-state index in [4.69, 9.17) is 5.84 Å². The van der Waals surface area contributed by atoms with Crippen molar-refractivity contribution >= 4 is 17.3 Å². The van der Waals surface area contributed by atoms with E-state index in [0.717, 1.165) is 0 Å². The van der Waals surface area contributed by atoms with Crippen LogP contribution in [0.3, 0.4) is 0 Å². The second-order valence-electron chi connectivity index (χ2n) is 1.34. The van der Waals surface area contributed by atoms with Crippen molar-refractivity contribution in [2.45, 2.75) is 0 Å². The van der Waals surface area contributed by atoms with Crippen LogP contribution in [-0.2, 0) is 0 Å². The highest BCUT2D eigenvalue weighted by Gasteiger charge is 1.88. The molecule has 3 nitrogen and oxygen atoms in total. The van der Waals surface area contributed by atoms with E-state index in [1.54, 1.807) is 4.90 Å². The summed E-state index contributed by atoms with van der Waals surface area (Å²) in [5.74, 6) is 4.94. The predicted octanol–water partition coefficient (Wildman–Crippen LogP) is -0.704. The lowest BCUT2D eigenvalue weighted by Crippen LogP contribution is -2.38. The van der Waals surface area contributed by atoms with Gasteiger partial charge in [-0.15, -0.1) is 0 Å². The standard InChI is InChI=1S/C3H9N3S/c1-6(2)3(7)5-4/h4H2,1-2H3,(H,5,7). The number of hydrogen-bond donors (Lipinski definition) is 2. The smallest absolute Gasteiger partial charge is 0.182 e. The average molecular weight is 119 g/mol. The van der Waals surface area contributed by atoms with Crippen LogP contribution in [0.2, 0.25) is 0 Å². The minimum atomic E-state index is 0.542. The number of nitrogens with one attached hydrogen (secondary N) is 1. The normalized spacial score (nSPS) is 7.86.